The highest BCUT2D eigenvalue weighted by Crippen LogP contribution is 2.44. The molecule has 0 spiro atoms. The first-order valence-corrected chi connectivity index (χ1v) is 17.4. The fourth-order valence-corrected chi connectivity index (χ4v) is 8.30. The largest absolute Gasteiger partial charge is 0.455 e. The average Bonchev–Trinajstić information content (AvgIpc) is 3.77. The topological polar surface area (TPSA) is 51.8 Å². The number of rotatable bonds is 5. The summed E-state index contributed by atoms with van der Waals surface area (Å²) in [5.74, 6) is 1.82. The van der Waals surface area contributed by atoms with Crippen molar-refractivity contribution in [3.05, 3.63) is 164 Å². The SMILES string of the molecule is c1ccc(-c2ccc3oc4c(-c5nc(-c6ccccc6)nc(-c6cccc7c6sc6c(-c8ccccc8)cccc67)n5)cccc4c3c2)cc1. The van der Waals surface area contributed by atoms with E-state index in [9.17, 15) is 0 Å². The Morgan fingerprint density at radius 3 is 1.60 bits per heavy atom. The maximum Gasteiger partial charge on any atom is 0.167 e. The Labute approximate surface area is 292 Å². The predicted molar refractivity (Wildman–Crippen MR) is 207 cm³/mol. The normalized spacial score (nSPS) is 11.6. The highest BCUT2D eigenvalue weighted by Gasteiger charge is 2.20. The van der Waals surface area contributed by atoms with Gasteiger partial charge in [-0.15, -0.1) is 11.3 Å². The Morgan fingerprint density at radius 1 is 0.360 bits per heavy atom. The third kappa shape index (κ3) is 4.71. The first kappa shape index (κ1) is 28.6. The minimum atomic E-state index is 0.574. The highest BCUT2D eigenvalue weighted by atomic mass is 32.1. The monoisotopic (exact) mass is 657 g/mol. The van der Waals surface area contributed by atoms with Crippen LogP contribution >= 0.6 is 11.3 Å². The lowest BCUT2D eigenvalue weighted by molar-refractivity contribution is 0.669. The second kappa shape index (κ2) is 11.6. The summed E-state index contributed by atoms with van der Waals surface area (Å²) < 4.78 is 8.99. The van der Waals surface area contributed by atoms with E-state index in [0.29, 0.717) is 17.5 Å². The van der Waals surface area contributed by atoms with Gasteiger partial charge in [0.05, 0.1) is 5.56 Å². The van der Waals surface area contributed by atoms with Crippen LogP contribution in [0.4, 0.5) is 0 Å². The summed E-state index contributed by atoms with van der Waals surface area (Å²) in [5.41, 5.74) is 9.07. The van der Waals surface area contributed by atoms with Crippen LogP contribution in [0.25, 0.3) is 98.5 Å². The van der Waals surface area contributed by atoms with Crippen molar-refractivity contribution < 1.29 is 4.42 Å². The number of benzene rings is 7. The van der Waals surface area contributed by atoms with Crippen molar-refractivity contribution in [1.82, 2.24) is 15.0 Å². The number of hydrogen-bond acceptors (Lipinski definition) is 5. The van der Waals surface area contributed by atoms with Crippen molar-refractivity contribution >= 4 is 53.4 Å². The van der Waals surface area contributed by atoms with E-state index in [4.69, 9.17) is 19.4 Å². The zero-order valence-electron chi connectivity index (χ0n) is 26.7. The van der Waals surface area contributed by atoms with Crippen molar-refractivity contribution in [3.63, 3.8) is 0 Å². The molecule has 0 amide bonds. The Bertz CT molecular complexity index is 2860. The summed E-state index contributed by atoms with van der Waals surface area (Å²) in [6.07, 6.45) is 0. The van der Waals surface area contributed by atoms with Gasteiger partial charge in [-0.25, -0.2) is 15.0 Å². The third-order valence-corrected chi connectivity index (χ3v) is 10.7. The lowest BCUT2D eigenvalue weighted by atomic mass is 10.0. The van der Waals surface area contributed by atoms with E-state index in [2.05, 4.69) is 121 Å². The molecule has 4 nitrogen and oxygen atoms in total. The summed E-state index contributed by atoms with van der Waals surface area (Å²) in [6.45, 7) is 0. The molecule has 0 atom stereocenters. The molecule has 234 valence electrons. The van der Waals surface area contributed by atoms with E-state index in [1.807, 2.05) is 42.5 Å². The molecule has 0 aliphatic heterocycles. The van der Waals surface area contributed by atoms with Gasteiger partial charge in [0.15, 0.2) is 17.5 Å². The summed E-state index contributed by atoms with van der Waals surface area (Å²) in [7, 11) is 0. The molecule has 5 heteroatoms. The minimum Gasteiger partial charge on any atom is -0.455 e. The van der Waals surface area contributed by atoms with Crippen LogP contribution < -0.4 is 0 Å². The minimum absolute atomic E-state index is 0.574. The maximum absolute atomic E-state index is 6.59. The zero-order chi connectivity index (χ0) is 33.0. The van der Waals surface area contributed by atoms with Crippen LogP contribution in [0.15, 0.2) is 168 Å². The zero-order valence-corrected chi connectivity index (χ0v) is 27.6. The predicted octanol–water partition coefficient (Wildman–Crippen LogP) is 12.5. The van der Waals surface area contributed by atoms with E-state index in [1.165, 1.54) is 32.2 Å². The molecule has 3 aromatic heterocycles. The number of nitrogens with zero attached hydrogens (tertiary/aromatic N) is 3. The molecule has 0 saturated carbocycles. The maximum atomic E-state index is 6.59. The molecule has 10 aromatic rings. The molecule has 0 fully saturated rings. The van der Waals surface area contributed by atoms with Gasteiger partial charge in [-0.1, -0.05) is 140 Å². The first-order valence-electron chi connectivity index (χ1n) is 16.6. The van der Waals surface area contributed by atoms with Gasteiger partial charge in [-0.3, -0.25) is 0 Å². The molecule has 0 saturated heterocycles. The highest BCUT2D eigenvalue weighted by molar-refractivity contribution is 7.26. The number of furan rings is 1. The Hall–Kier alpha value is -6.43. The van der Waals surface area contributed by atoms with Crippen LogP contribution in [0, 0.1) is 0 Å². The van der Waals surface area contributed by atoms with E-state index >= 15 is 0 Å². The fourth-order valence-electron chi connectivity index (χ4n) is 6.96. The van der Waals surface area contributed by atoms with Crippen molar-refractivity contribution in [2.45, 2.75) is 0 Å². The number of aromatic nitrogens is 3. The lowest BCUT2D eigenvalue weighted by Gasteiger charge is -2.09. The van der Waals surface area contributed by atoms with Crippen LogP contribution in [-0.4, -0.2) is 15.0 Å². The van der Waals surface area contributed by atoms with Crippen LogP contribution in [0.2, 0.25) is 0 Å². The molecule has 0 N–H and O–H groups in total. The van der Waals surface area contributed by atoms with E-state index in [1.54, 1.807) is 11.3 Å². The number of thiophene rings is 1. The molecule has 3 heterocycles. The molecule has 0 aliphatic rings. The Kier molecular flexibility index (Phi) is 6.64. The number of fused-ring (bicyclic) bond motifs is 6. The molecule has 0 radical (unpaired) electrons. The van der Waals surface area contributed by atoms with Gasteiger partial charge >= 0.3 is 0 Å². The molecule has 0 aliphatic carbocycles. The van der Waals surface area contributed by atoms with Gasteiger partial charge in [0.1, 0.15) is 11.2 Å². The van der Waals surface area contributed by atoms with Crippen molar-refractivity contribution in [1.29, 1.82) is 0 Å². The van der Waals surface area contributed by atoms with Gasteiger partial charge in [-0.2, -0.15) is 0 Å². The first-order chi connectivity index (χ1) is 24.8. The van der Waals surface area contributed by atoms with Gasteiger partial charge in [0.2, 0.25) is 0 Å². The molecular weight excluding hydrogens is 631 g/mol. The lowest BCUT2D eigenvalue weighted by Crippen LogP contribution is -2.00. The van der Waals surface area contributed by atoms with Crippen LogP contribution in [0.5, 0.6) is 0 Å². The van der Waals surface area contributed by atoms with Crippen LogP contribution in [-0.2, 0) is 0 Å². The van der Waals surface area contributed by atoms with E-state index in [0.717, 1.165) is 48.9 Å². The van der Waals surface area contributed by atoms with Crippen molar-refractivity contribution in [3.8, 4) is 56.4 Å². The van der Waals surface area contributed by atoms with Crippen molar-refractivity contribution in [2.24, 2.45) is 0 Å². The van der Waals surface area contributed by atoms with E-state index in [-0.39, 0.29) is 0 Å². The Balaban J connectivity index is 1.19. The van der Waals surface area contributed by atoms with Gasteiger partial charge < -0.3 is 4.42 Å². The molecule has 50 heavy (non-hydrogen) atoms. The van der Waals surface area contributed by atoms with Crippen LogP contribution in [0.1, 0.15) is 0 Å². The molecule has 7 aromatic carbocycles. The quantitative estimate of drug-likeness (QED) is 0.185. The molecule has 10 rings (SSSR count). The molecule has 0 bridgehead atoms. The summed E-state index contributed by atoms with van der Waals surface area (Å²) in [4.78, 5) is 15.4. The number of hydrogen-bond donors (Lipinski definition) is 0. The number of para-hydroxylation sites is 1. The summed E-state index contributed by atoms with van der Waals surface area (Å²) >= 11 is 1.79. The van der Waals surface area contributed by atoms with Gasteiger partial charge in [0.25, 0.3) is 0 Å². The van der Waals surface area contributed by atoms with Gasteiger partial charge in [0, 0.05) is 42.1 Å². The third-order valence-electron chi connectivity index (χ3n) is 9.36. The summed E-state index contributed by atoms with van der Waals surface area (Å²) in [6, 6.07) is 56.7. The second-order valence-electron chi connectivity index (χ2n) is 12.4. The standard InChI is InChI=1S/C45H27N3OS/c1-4-13-28(14-5-1)31-25-26-39-38(27-31)33-20-11-23-36(40(33)49-39)44-46-43(30-17-8-3-9-18-30)47-45(48-44)37-24-12-22-35-34-21-10-19-32(41(34)50-42(35)37)29-15-6-2-7-16-29/h1-27H. The van der Waals surface area contributed by atoms with E-state index < -0.39 is 0 Å². The summed E-state index contributed by atoms with van der Waals surface area (Å²) in [5, 5.41) is 4.51. The van der Waals surface area contributed by atoms with Crippen LogP contribution in [0.3, 0.4) is 0 Å². The van der Waals surface area contributed by atoms with Gasteiger partial charge in [-0.05, 0) is 46.5 Å². The molecular formula is C45H27N3OS. The molecule has 0 unspecified atom stereocenters. The smallest absolute Gasteiger partial charge is 0.167 e. The fraction of sp³-hybridized carbons (Fsp3) is 0. The average molecular weight is 658 g/mol. The van der Waals surface area contributed by atoms with Crippen molar-refractivity contribution in [2.75, 3.05) is 0 Å². The Morgan fingerprint density at radius 2 is 0.900 bits per heavy atom. The second-order valence-corrected chi connectivity index (χ2v) is 13.4.